The molecule has 0 atom stereocenters. The Balaban J connectivity index is 2.47. The summed E-state index contributed by atoms with van der Waals surface area (Å²) in [6.45, 7) is 3.76. The van der Waals surface area contributed by atoms with Gasteiger partial charge in [-0.1, -0.05) is 13.8 Å². The standard InChI is InChI=1S/C12H13BrFNO2/c1-3-12(4-2)11(16)15-9-5-7(13)8(14)6-10(9)17-12/h5-6H,3-4H2,1-2H3,(H,15,16). The molecule has 1 heterocycles. The largest absolute Gasteiger partial charge is 0.475 e. The molecule has 1 aliphatic rings. The summed E-state index contributed by atoms with van der Waals surface area (Å²) in [4.78, 5) is 12.0. The third-order valence-electron chi connectivity index (χ3n) is 3.13. The highest BCUT2D eigenvalue weighted by molar-refractivity contribution is 9.10. The van der Waals surface area contributed by atoms with E-state index in [9.17, 15) is 9.18 Å². The summed E-state index contributed by atoms with van der Waals surface area (Å²) < 4.78 is 19.4. The van der Waals surface area contributed by atoms with Crippen LogP contribution >= 0.6 is 15.9 Å². The number of benzene rings is 1. The van der Waals surface area contributed by atoms with Crippen molar-refractivity contribution in [3.05, 3.63) is 22.4 Å². The Morgan fingerprint density at radius 1 is 1.41 bits per heavy atom. The van der Waals surface area contributed by atoms with Crippen LogP contribution in [-0.2, 0) is 4.79 Å². The number of hydrogen-bond acceptors (Lipinski definition) is 2. The summed E-state index contributed by atoms with van der Waals surface area (Å²) in [5.41, 5.74) is -0.381. The number of fused-ring (bicyclic) bond motifs is 1. The minimum Gasteiger partial charge on any atom is -0.475 e. The fraction of sp³-hybridized carbons (Fsp3) is 0.417. The van der Waals surface area contributed by atoms with Crippen molar-refractivity contribution in [2.75, 3.05) is 5.32 Å². The molecular weight excluding hydrogens is 289 g/mol. The number of hydrogen-bond donors (Lipinski definition) is 1. The van der Waals surface area contributed by atoms with Crippen molar-refractivity contribution >= 4 is 27.5 Å². The molecular formula is C12H13BrFNO2. The maximum atomic E-state index is 13.4. The van der Waals surface area contributed by atoms with Gasteiger partial charge >= 0.3 is 0 Å². The average Bonchev–Trinajstić information content (AvgIpc) is 2.31. The van der Waals surface area contributed by atoms with Crippen LogP contribution in [0.15, 0.2) is 16.6 Å². The highest BCUT2D eigenvalue weighted by Gasteiger charge is 2.41. The van der Waals surface area contributed by atoms with Gasteiger partial charge in [-0.05, 0) is 34.8 Å². The van der Waals surface area contributed by atoms with Gasteiger partial charge in [0, 0.05) is 6.07 Å². The van der Waals surface area contributed by atoms with Gasteiger partial charge in [-0.2, -0.15) is 0 Å². The molecule has 17 heavy (non-hydrogen) atoms. The van der Waals surface area contributed by atoms with Gasteiger partial charge in [0.05, 0.1) is 10.2 Å². The fourth-order valence-corrected chi connectivity index (χ4v) is 2.26. The van der Waals surface area contributed by atoms with E-state index in [1.54, 1.807) is 0 Å². The van der Waals surface area contributed by atoms with Gasteiger partial charge in [0.1, 0.15) is 11.6 Å². The number of ether oxygens (including phenoxy) is 1. The Morgan fingerprint density at radius 3 is 2.65 bits per heavy atom. The van der Waals surface area contributed by atoms with Gasteiger partial charge in [-0.15, -0.1) is 0 Å². The fourth-order valence-electron chi connectivity index (χ4n) is 1.92. The van der Waals surface area contributed by atoms with E-state index in [1.165, 1.54) is 12.1 Å². The number of rotatable bonds is 2. The quantitative estimate of drug-likeness (QED) is 0.908. The van der Waals surface area contributed by atoms with E-state index in [0.717, 1.165) is 0 Å². The molecule has 1 aliphatic heterocycles. The van der Waals surface area contributed by atoms with Crippen LogP contribution in [0.3, 0.4) is 0 Å². The average molecular weight is 302 g/mol. The summed E-state index contributed by atoms with van der Waals surface area (Å²) in [7, 11) is 0. The number of carbonyl (C=O) groups excluding carboxylic acids is 1. The minimum absolute atomic E-state index is 0.173. The van der Waals surface area contributed by atoms with Crippen LogP contribution in [0.5, 0.6) is 5.75 Å². The second-order valence-corrected chi connectivity index (χ2v) is 4.87. The molecule has 1 N–H and O–H groups in total. The van der Waals surface area contributed by atoms with Gasteiger partial charge in [-0.3, -0.25) is 4.79 Å². The number of nitrogens with one attached hydrogen (secondary N) is 1. The monoisotopic (exact) mass is 301 g/mol. The van der Waals surface area contributed by atoms with Gasteiger partial charge < -0.3 is 10.1 Å². The maximum absolute atomic E-state index is 13.4. The third kappa shape index (κ3) is 1.92. The first-order valence-corrected chi connectivity index (χ1v) is 6.31. The smallest absolute Gasteiger partial charge is 0.268 e. The Morgan fingerprint density at radius 2 is 2.06 bits per heavy atom. The lowest BCUT2D eigenvalue weighted by molar-refractivity contribution is -0.133. The molecule has 92 valence electrons. The lowest BCUT2D eigenvalue weighted by Crippen LogP contribution is -2.49. The Kier molecular flexibility index (Phi) is 3.12. The molecule has 0 bridgehead atoms. The van der Waals surface area contributed by atoms with Crippen LogP contribution in [0.1, 0.15) is 26.7 Å². The van der Waals surface area contributed by atoms with Crippen molar-refractivity contribution in [2.45, 2.75) is 32.3 Å². The summed E-state index contributed by atoms with van der Waals surface area (Å²) >= 11 is 3.08. The number of carbonyl (C=O) groups is 1. The second-order valence-electron chi connectivity index (χ2n) is 4.02. The molecule has 0 saturated heterocycles. The molecule has 3 nitrogen and oxygen atoms in total. The molecule has 2 rings (SSSR count). The first-order chi connectivity index (χ1) is 8.02. The van der Waals surface area contributed by atoms with E-state index in [2.05, 4.69) is 21.2 Å². The van der Waals surface area contributed by atoms with Crippen LogP contribution in [0.2, 0.25) is 0 Å². The number of anilines is 1. The lowest BCUT2D eigenvalue weighted by Gasteiger charge is -2.36. The van der Waals surface area contributed by atoms with E-state index >= 15 is 0 Å². The van der Waals surface area contributed by atoms with E-state index in [0.29, 0.717) is 28.8 Å². The van der Waals surface area contributed by atoms with E-state index in [1.807, 2.05) is 13.8 Å². The SMILES string of the molecule is CCC1(CC)Oc2cc(F)c(Br)cc2NC1=O. The van der Waals surface area contributed by atoms with Crippen LogP contribution < -0.4 is 10.1 Å². The van der Waals surface area contributed by atoms with Crippen LogP contribution in [-0.4, -0.2) is 11.5 Å². The number of amides is 1. The van der Waals surface area contributed by atoms with Crippen LogP contribution in [0, 0.1) is 5.82 Å². The van der Waals surface area contributed by atoms with Crippen molar-refractivity contribution in [2.24, 2.45) is 0 Å². The molecule has 0 aliphatic carbocycles. The molecule has 5 heteroatoms. The van der Waals surface area contributed by atoms with Crippen molar-refractivity contribution in [1.82, 2.24) is 0 Å². The Bertz CT molecular complexity index is 472. The van der Waals surface area contributed by atoms with Crippen molar-refractivity contribution in [3.8, 4) is 5.75 Å². The normalized spacial score (nSPS) is 17.1. The third-order valence-corrected chi connectivity index (χ3v) is 3.74. The van der Waals surface area contributed by atoms with Crippen molar-refractivity contribution in [3.63, 3.8) is 0 Å². The molecule has 0 unspecified atom stereocenters. The molecule has 1 amide bonds. The topological polar surface area (TPSA) is 38.3 Å². The van der Waals surface area contributed by atoms with E-state index < -0.39 is 11.4 Å². The van der Waals surface area contributed by atoms with Gasteiger partial charge in [-0.25, -0.2) is 4.39 Å². The molecule has 0 spiro atoms. The number of halogens is 2. The predicted octanol–water partition coefficient (Wildman–Crippen LogP) is 3.48. The summed E-state index contributed by atoms with van der Waals surface area (Å²) in [5.74, 6) is -0.191. The highest BCUT2D eigenvalue weighted by Crippen LogP contribution is 2.39. The molecule has 0 saturated carbocycles. The van der Waals surface area contributed by atoms with E-state index in [-0.39, 0.29) is 5.91 Å². The zero-order valence-electron chi connectivity index (χ0n) is 9.64. The second kappa shape index (κ2) is 4.29. The van der Waals surface area contributed by atoms with Crippen LogP contribution in [0.25, 0.3) is 0 Å². The Hall–Kier alpha value is -1.10. The molecule has 1 aromatic rings. The summed E-state index contributed by atoms with van der Waals surface area (Å²) in [6.07, 6.45) is 1.10. The highest BCUT2D eigenvalue weighted by atomic mass is 79.9. The zero-order valence-corrected chi connectivity index (χ0v) is 11.2. The maximum Gasteiger partial charge on any atom is 0.268 e. The zero-order chi connectivity index (χ0) is 12.6. The lowest BCUT2D eigenvalue weighted by atomic mass is 9.94. The van der Waals surface area contributed by atoms with E-state index in [4.69, 9.17) is 4.74 Å². The van der Waals surface area contributed by atoms with Crippen LogP contribution in [0.4, 0.5) is 10.1 Å². The Labute approximate surface area is 107 Å². The van der Waals surface area contributed by atoms with Gasteiger partial charge in [0.25, 0.3) is 5.91 Å². The molecule has 1 aromatic carbocycles. The summed E-state index contributed by atoms with van der Waals surface area (Å²) in [5, 5.41) is 2.76. The first-order valence-electron chi connectivity index (χ1n) is 5.52. The molecule has 0 radical (unpaired) electrons. The first kappa shape index (κ1) is 12.4. The van der Waals surface area contributed by atoms with Crippen molar-refractivity contribution < 1.29 is 13.9 Å². The van der Waals surface area contributed by atoms with Gasteiger partial charge in [0.15, 0.2) is 5.60 Å². The van der Waals surface area contributed by atoms with Gasteiger partial charge in [0.2, 0.25) is 0 Å². The molecule has 0 aromatic heterocycles. The van der Waals surface area contributed by atoms with Crippen molar-refractivity contribution in [1.29, 1.82) is 0 Å². The summed E-state index contributed by atoms with van der Waals surface area (Å²) in [6, 6.07) is 2.80. The molecule has 0 fully saturated rings. The minimum atomic E-state index is -0.882. The predicted molar refractivity (Wildman–Crippen MR) is 66.7 cm³/mol.